The van der Waals surface area contributed by atoms with Gasteiger partial charge in [0.05, 0.1) is 0 Å². The van der Waals surface area contributed by atoms with Crippen LogP contribution >= 0.6 is 0 Å². The van der Waals surface area contributed by atoms with Crippen LogP contribution in [0.4, 0.5) is 0 Å². The van der Waals surface area contributed by atoms with Crippen LogP contribution in [0.25, 0.3) is 0 Å². The summed E-state index contributed by atoms with van der Waals surface area (Å²) < 4.78 is 0. The van der Waals surface area contributed by atoms with E-state index in [0.29, 0.717) is 5.92 Å². The van der Waals surface area contributed by atoms with Crippen molar-refractivity contribution in [3.8, 4) is 11.8 Å². The van der Waals surface area contributed by atoms with Crippen molar-refractivity contribution in [2.45, 2.75) is 53.6 Å². The zero-order valence-electron chi connectivity index (χ0n) is 12.5. The van der Waals surface area contributed by atoms with Crippen molar-refractivity contribution in [1.29, 1.82) is 0 Å². The van der Waals surface area contributed by atoms with Crippen LogP contribution in [0.5, 0.6) is 0 Å². The minimum Gasteiger partial charge on any atom is -0.378 e. The van der Waals surface area contributed by atoms with Crippen LogP contribution in [-0.2, 0) is 0 Å². The summed E-state index contributed by atoms with van der Waals surface area (Å²) in [6, 6.07) is 0. The lowest BCUT2D eigenvalue weighted by atomic mass is 10.0. The number of rotatable bonds is 4. The molecule has 0 unspecified atom stereocenters. The van der Waals surface area contributed by atoms with Gasteiger partial charge in [0.25, 0.3) is 0 Å². The first-order valence-corrected chi connectivity index (χ1v) is 6.57. The Kier molecular flexibility index (Phi) is 7.39. The number of hydrogen-bond donors (Lipinski definition) is 1. The molecule has 1 nitrogen and oxygen atoms in total. The van der Waals surface area contributed by atoms with Crippen molar-refractivity contribution in [3.63, 3.8) is 0 Å². The zero-order valence-corrected chi connectivity index (χ0v) is 12.5. The summed E-state index contributed by atoms with van der Waals surface area (Å²) in [4.78, 5) is 0. The van der Waals surface area contributed by atoms with E-state index in [-0.39, 0.29) is 0 Å². The largest absolute Gasteiger partial charge is 0.378 e. The molecule has 0 aromatic rings. The zero-order chi connectivity index (χ0) is 14.2. The SMILES string of the molecule is CC/C=C/C(=C/C=C(\C)C#CC(C)(C)O)C(C)C. The maximum absolute atomic E-state index is 9.52. The number of allylic oxidation sites excluding steroid dienone is 6. The van der Waals surface area contributed by atoms with Gasteiger partial charge in [0, 0.05) is 0 Å². The summed E-state index contributed by atoms with van der Waals surface area (Å²) in [6.45, 7) is 11.8. The topological polar surface area (TPSA) is 20.2 Å². The van der Waals surface area contributed by atoms with Crippen LogP contribution in [0.1, 0.15) is 48.0 Å². The standard InChI is InChI=1S/C17H26O/c1-7-8-9-16(14(2)3)11-10-15(4)12-13-17(5,6)18/h8-11,14,18H,7H2,1-6H3/b9-8+,15-10+,16-11-. The highest BCUT2D eigenvalue weighted by Gasteiger charge is 2.05. The van der Waals surface area contributed by atoms with Gasteiger partial charge in [-0.3, -0.25) is 0 Å². The molecule has 18 heavy (non-hydrogen) atoms. The molecule has 0 aliphatic heterocycles. The maximum atomic E-state index is 9.52. The Morgan fingerprint density at radius 3 is 2.33 bits per heavy atom. The number of hydrogen-bond acceptors (Lipinski definition) is 1. The molecular formula is C17H26O. The lowest BCUT2D eigenvalue weighted by Crippen LogP contribution is -2.14. The second kappa shape index (κ2) is 7.95. The van der Waals surface area contributed by atoms with Gasteiger partial charge in [0.1, 0.15) is 5.60 Å². The molecular weight excluding hydrogens is 220 g/mol. The van der Waals surface area contributed by atoms with Gasteiger partial charge < -0.3 is 5.11 Å². The molecule has 0 heterocycles. The maximum Gasteiger partial charge on any atom is 0.120 e. The molecule has 100 valence electrons. The Morgan fingerprint density at radius 1 is 1.28 bits per heavy atom. The van der Waals surface area contributed by atoms with Crippen molar-refractivity contribution in [1.82, 2.24) is 0 Å². The minimum absolute atomic E-state index is 0.499. The quantitative estimate of drug-likeness (QED) is 0.580. The lowest BCUT2D eigenvalue weighted by Gasteiger charge is -2.06. The fraction of sp³-hybridized carbons (Fsp3) is 0.529. The summed E-state index contributed by atoms with van der Waals surface area (Å²) in [6.07, 6.45) is 9.49. The molecule has 0 amide bonds. The third-order valence-electron chi connectivity index (χ3n) is 2.30. The average molecular weight is 246 g/mol. The van der Waals surface area contributed by atoms with E-state index < -0.39 is 5.60 Å². The summed E-state index contributed by atoms with van der Waals surface area (Å²) in [5.41, 5.74) is 1.32. The molecule has 0 aliphatic carbocycles. The van der Waals surface area contributed by atoms with Crippen LogP contribution in [0.3, 0.4) is 0 Å². The Bertz CT molecular complexity index is 390. The molecule has 0 atom stereocenters. The van der Waals surface area contributed by atoms with Crippen LogP contribution < -0.4 is 0 Å². The van der Waals surface area contributed by atoms with Gasteiger partial charge in [-0.05, 0) is 44.3 Å². The molecule has 0 spiro atoms. The van der Waals surface area contributed by atoms with Crippen LogP contribution in [0.2, 0.25) is 0 Å². The highest BCUT2D eigenvalue weighted by Crippen LogP contribution is 2.12. The fourth-order valence-corrected chi connectivity index (χ4v) is 1.21. The predicted molar refractivity (Wildman–Crippen MR) is 80.2 cm³/mol. The smallest absolute Gasteiger partial charge is 0.120 e. The summed E-state index contributed by atoms with van der Waals surface area (Å²) in [5, 5.41) is 9.52. The molecule has 0 saturated heterocycles. The Labute approximate surface area is 112 Å². The van der Waals surface area contributed by atoms with Crippen LogP contribution in [0, 0.1) is 17.8 Å². The van der Waals surface area contributed by atoms with E-state index in [1.165, 1.54) is 5.57 Å². The van der Waals surface area contributed by atoms with Crippen LogP contribution in [-0.4, -0.2) is 10.7 Å². The average Bonchev–Trinajstić information content (AvgIpc) is 2.25. The molecule has 0 rings (SSSR count). The van der Waals surface area contributed by atoms with Crippen molar-refractivity contribution < 1.29 is 5.11 Å². The van der Waals surface area contributed by atoms with E-state index in [4.69, 9.17) is 0 Å². The van der Waals surface area contributed by atoms with Gasteiger partial charge in [-0.25, -0.2) is 0 Å². The molecule has 0 radical (unpaired) electrons. The van der Waals surface area contributed by atoms with Crippen molar-refractivity contribution in [3.05, 3.63) is 35.5 Å². The Balaban J connectivity index is 4.92. The van der Waals surface area contributed by atoms with Gasteiger partial charge in [-0.15, -0.1) is 0 Å². The van der Waals surface area contributed by atoms with E-state index >= 15 is 0 Å². The highest BCUT2D eigenvalue weighted by molar-refractivity contribution is 5.35. The molecule has 1 heteroatoms. The summed E-state index contributed by atoms with van der Waals surface area (Å²) in [7, 11) is 0. The van der Waals surface area contributed by atoms with Gasteiger partial charge >= 0.3 is 0 Å². The van der Waals surface area contributed by atoms with E-state index in [2.05, 4.69) is 50.8 Å². The minimum atomic E-state index is -0.929. The second-order valence-corrected chi connectivity index (χ2v) is 5.29. The molecule has 0 aliphatic rings. The Hall–Kier alpha value is -1.26. The third-order valence-corrected chi connectivity index (χ3v) is 2.30. The van der Waals surface area contributed by atoms with E-state index in [0.717, 1.165) is 12.0 Å². The second-order valence-electron chi connectivity index (χ2n) is 5.29. The molecule has 0 aromatic carbocycles. The lowest BCUT2D eigenvalue weighted by molar-refractivity contribution is 0.143. The molecule has 1 N–H and O–H groups in total. The van der Waals surface area contributed by atoms with Crippen molar-refractivity contribution in [2.24, 2.45) is 5.92 Å². The normalized spacial score (nSPS) is 14.0. The fourth-order valence-electron chi connectivity index (χ4n) is 1.21. The van der Waals surface area contributed by atoms with Crippen molar-refractivity contribution >= 4 is 0 Å². The first-order chi connectivity index (χ1) is 8.26. The first-order valence-electron chi connectivity index (χ1n) is 6.57. The predicted octanol–water partition coefficient (Wildman–Crippen LogP) is 4.26. The van der Waals surface area contributed by atoms with E-state index in [9.17, 15) is 5.11 Å². The molecule has 0 aromatic heterocycles. The van der Waals surface area contributed by atoms with Gasteiger partial charge in [0.15, 0.2) is 0 Å². The van der Waals surface area contributed by atoms with Gasteiger partial charge in [0.2, 0.25) is 0 Å². The monoisotopic (exact) mass is 246 g/mol. The van der Waals surface area contributed by atoms with Crippen molar-refractivity contribution in [2.75, 3.05) is 0 Å². The number of aliphatic hydroxyl groups is 1. The molecule has 0 fully saturated rings. The summed E-state index contributed by atoms with van der Waals surface area (Å²) in [5.74, 6) is 6.27. The molecule has 0 saturated carbocycles. The molecule has 0 bridgehead atoms. The van der Waals surface area contributed by atoms with E-state index in [1.54, 1.807) is 13.8 Å². The first kappa shape index (κ1) is 16.7. The Morgan fingerprint density at radius 2 is 1.89 bits per heavy atom. The van der Waals surface area contributed by atoms with E-state index in [1.807, 2.05) is 13.0 Å². The highest BCUT2D eigenvalue weighted by atomic mass is 16.3. The van der Waals surface area contributed by atoms with Gasteiger partial charge in [-0.2, -0.15) is 0 Å². The van der Waals surface area contributed by atoms with Crippen LogP contribution in [0.15, 0.2) is 35.5 Å². The summed E-state index contributed by atoms with van der Waals surface area (Å²) >= 11 is 0. The van der Waals surface area contributed by atoms with Gasteiger partial charge in [-0.1, -0.05) is 56.9 Å². The third kappa shape index (κ3) is 8.84.